The van der Waals surface area contributed by atoms with Crippen LogP contribution >= 0.6 is 22.7 Å². The van der Waals surface area contributed by atoms with Gasteiger partial charge in [-0.1, -0.05) is 88.8 Å². The summed E-state index contributed by atoms with van der Waals surface area (Å²) in [6.45, 7) is 4.55. The van der Waals surface area contributed by atoms with Crippen LogP contribution < -0.4 is 0 Å². The molecule has 2 nitrogen and oxygen atoms in total. The lowest BCUT2D eigenvalue weighted by Crippen LogP contribution is -1.92. The maximum absolute atomic E-state index is 5.25. The number of nitrogens with zero attached hydrogens (tertiary/aromatic N) is 2. The van der Waals surface area contributed by atoms with Crippen molar-refractivity contribution in [2.24, 2.45) is 0 Å². The lowest BCUT2D eigenvalue weighted by Gasteiger charge is -2.12. The van der Waals surface area contributed by atoms with Crippen LogP contribution in [0.5, 0.6) is 0 Å². The van der Waals surface area contributed by atoms with Gasteiger partial charge in [-0.25, -0.2) is 9.97 Å². The van der Waals surface area contributed by atoms with Crippen molar-refractivity contribution in [2.75, 3.05) is 0 Å². The molecule has 0 N–H and O–H groups in total. The highest BCUT2D eigenvalue weighted by atomic mass is 32.1. The molecular weight excluding hydrogens is 573 g/mol. The maximum Gasteiger partial charge on any atom is 0.0979 e. The molecule has 222 valence electrons. The molecule has 0 aliphatic carbocycles. The number of hydrogen-bond acceptors (Lipinski definition) is 4. The van der Waals surface area contributed by atoms with Gasteiger partial charge in [0, 0.05) is 20.5 Å². The van der Waals surface area contributed by atoms with Crippen LogP contribution in [0.15, 0.2) is 83.6 Å². The topological polar surface area (TPSA) is 25.8 Å². The number of aryl methyl sites for hydroxylation is 2. The molecule has 0 amide bonds. The van der Waals surface area contributed by atoms with Crippen LogP contribution in [0.3, 0.4) is 0 Å². The number of unbranched alkanes of at least 4 members (excludes halogenated alkanes) is 6. The quantitative estimate of drug-likeness (QED) is 0.0779. The predicted octanol–water partition coefficient (Wildman–Crippen LogP) is 12.8. The summed E-state index contributed by atoms with van der Waals surface area (Å²) < 4.78 is 0. The van der Waals surface area contributed by atoms with Crippen molar-refractivity contribution in [2.45, 2.75) is 78.1 Å². The van der Waals surface area contributed by atoms with Crippen molar-refractivity contribution in [3.63, 3.8) is 0 Å². The van der Waals surface area contributed by atoms with Crippen LogP contribution in [0, 0.1) is 0 Å². The van der Waals surface area contributed by atoms with Gasteiger partial charge in [0.25, 0.3) is 0 Å². The van der Waals surface area contributed by atoms with Crippen molar-refractivity contribution in [1.29, 1.82) is 0 Å². The molecule has 0 aliphatic rings. The molecule has 0 bridgehead atoms. The summed E-state index contributed by atoms with van der Waals surface area (Å²) in [5.41, 5.74) is 9.31. The van der Waals surface area contributed by atoms with Crippen LogP contribution in [0.2, 0.25) is 0 Å². The second-order valence-electron chi connectivity index (χ2n) is 12.2. The lowest BCUT2D eigenvalue weighted by atomic mass is 9.95. The van der Waals surface area contributed by atoms with Gasteiger partial charge in [0.05, 0.1) is 22.1 Å². The minimum atomic E-state index is 0.943. The SMILES string of the molecule is CCCCCCc1csc(-c2ccc3c4ccc(-c5cc(CCCCCC)cs5)cc4c4nc5ccccc5nc4c3c2)c1. The highest BCUT2D eigenvalue weighted by molar-refractivity contribution is 7.14. The van der Waals surface area contributed by atoms with Gasteiger partial charge in [-0.15, -0.1) is 22.7 Å². The van der Waals surface area contributed by atoms with Crippen LogP contribution in [0.4, 0.5) is 0 Å². The summed E-state index contributed by atoms with van der Waals surface area (Å²) in [4.78, 5) is 13.2. The molecule has 44 heavy (non-hydrogen) atoms. The van der Waals surface area contributed by atoms with Crippen LogP contribution in [0.1, 0.15) is 76.3 Å². The highest BCUT2D eigenvalue weighted by Crippen LogP contribution is 2.40. The first-order valence-corrected chi connectivity index (χ1v) is 18.2. The molecule has 0 fully saturated rings. The third kappa shape index (κ3) is 5.90. The highest BCUT2D eigenvalue weighted by Gasteiger charge is 2.16. The summed E-state index contributed by atoms with van der Waals surface area (Å²) in [7, 11) is 0. The van der Waals surface area contributed by atoms with E-state index in [1.54, 1.807) is 0 Å². The van der Waals surface area contributed by atoms with E-state index in [4.69, 9.17) is 9.97 Å². The van der Waals surface area contributed by atoms with Crippen molar-refractivity contribution in [3.8, 4) is 20.9 Å². The van der Waals surface area contributed by atoms with Crippen molar-refractivity contribution >= 4 is 66.3 Å². The molecule has 0 saturated heterocycles. The molecule has 0 radical (unpaired) electrons. The lowest BCUT2D eigenvalue weighted by molar-refractivity contribution is 0.667. The smallest absolute Gasteiger partial charge is 0.0979 e. The van der Waals surface area contributed by atoms with Crippen molar-refractivity contribution < 1.29 is 0 Å². The zero-order chi connectivity index (χ0) is 29.9. The largest absolute Gasteiger partial charge is 0.244 e. The number of fused-ring (bicyclic) bond motifs is 7. The minimum absolute atomic E-state index is 0.943. The van der Waals surface area contributed by atoms with Crippen molar-refractivity contribution in [1.82, 2.24) is 9.97 Å². The summed E-state index contributed by atoms with van der Waals surface area (Å²) in [6, 6.07) is 27.0. The third-order valence-electron chi connectivity index (χ3n) is 8.92. The van der Waals surface area contributed by atoms with Gasteiger partial charge in [-0.05, 0) is 106 Å². The fourth-order valence-electron chi connectivity index (χ4n) is 6.46. The molecule has 0 spiro atoms. The normalized spacial score (nSPS) is 11.9. The summed E-state index contributed by atoms with van der Waals surface area (Å²) in [5, 5.41) is 9.54. The summed E-state index contributed by atoms with van der Waals surface area (Å²) in [5.74, 6) is 0. The monoisotopic (exact) mass is 612 g/mol. The number of benzene rings is 4. The number of hydrogen-bond donors (Lipinski definition) is 0. The molecule has 3 aromatic heterocycles. The minimum Gasteiger partial charge on any atom is -0.244 e. The van der Waals surface area contributed by atoms with Gasteiger partial charge in [0.15, 0.2) is 0 Å². The van der Waals surface area contributed by atoms with Crippen LogP contribution in [0.25, 0.3) is 64.5 Å². The first-order chi connectivity index (χ1) is 21.7. The molecule has 0 atom stereocenters. The molecule has 3 heterocycles. The standard InChI is InChI=1S/C40H40N2S2/c1-3-5-7-9-13-27-21-37(43-25-27)29-17-19-31-32-20-18-30(38-22-28(26-44-38)14-10-8-6-4-2)24-34(32)40-39(33(31)23-29)41-35-15-11-12-16-36(35)42-40/h11-12,15-26H,3-10,13-14H2,1-2H3. The van der Waals surface area contributed by atoms with E-state index in [1.165, 1.54) is 118 Å². The Kier molecular flexibility index (Phi) is 8.72. The summed E-state index contributed by atoms with van der Waals surface area (Å²) in [6.07, 6.45) is 12.7. The molecule has 0 aliphatic heterocycles. The number of aromatic nitrogens is 2. The fourth-order valence-corrected chi connectivity index (χ4v) is 8.35. The van der Waals surface area contributed by atoms with Gasteiger partial charge in [0.1, 0.15) is 0 Å². The first kappa shape index (κ1) is 29.1. The first-order valence-electron chi connectivity index (χ1n) is 16.4. The Balaban J connectivity index is 1.32. The summed E-state index contributed by atoms with van der Waals surface area (Å²) >= 11 is 3.72. The maximum atomic E-state index is 5.25. The second-order valence-corrected chi connectivity index (χ2v) is 14.0. The zero-order valence-corrected chi connectivity index (χ0v) is 27.5. The van der Waals surface area contributed by atoms with Crippen molar-refractivity contribution in [3.05, 3.63) is 94.7 Å². The van der Waals surface area contributed by atoms with E-state index in [9.17, 15) is 0 Å². The van der Waals surface area contributed by atoms with Gasteiger partial charge < -0.3 is 0 Å². The Morgan fingerprint density at radius 1 is 0.500 bits per heavy atom. The van der Waals surface area contributed by atoms with Gasteiger partial charge in [-0.3, -0.25) is 0 Å². The number of thiophene rings is 2. The van der Waals surface area contributed by atoms with E-state index >= 15 is 0 Å². The van der Waals surface area contributed by atoms with Gasteiger partial charge in [0.2, 0.25) is 0 Å². The van der Waals surface area contributed by atoms with E-state index in [0.717, 1.165) is 22.1 Å². The molecule has 0 unspecified atom stereocenters. The van der Waals surface area contributed by atoms with Crippen LogP contribution in [-0.2, 0) is 12.8 Å². The third-order valence-corrected chi connectivity index (χ3v) is 11.0. The van der Waals surface area contributed by atoms with E-state index in [2.05, 4.69) is 97.4 Å². The van der Waals surface area contributed by atoms with Crippen LogP contribution in [-0.4, -0.2) is 9.97 Å². The van der Waals surface area contributed by atoms with E-state index in [1.807, 2.05) is 22.7 Å². The van der Waals surface area contributed by atoms with E-state index in [-0.39, 0.29) is 0 Å². The average molecular weight is 613 g/mol. The van der Waals surface area contributed by atoms with Gasteiger partial charge >= 0.3 is 0 Å². The predicted molar refractivity (Wildman–Crippen MR) is 194 cm³/mol. The molecular formula is C40H40N2S2. The number of rotatable bonds is 12. The molecule has 4 aromatic carbocycles. The Morgan fingerprint density at radius 3 is 1.43 bits per heavy atom. The average Bonchev–Trinajstić information content (AvgIpc) is 3.74. The zero-order valence-electron chi connectivity index (χ0n) is 25.9. The Morgan fingerprint density at radius 2 is 0.977 bits per heavy atom. The second kappa shape index (κ2) is 13.2. The van der Waals surface area contributed by atoms with E-state index in [0.29, 0.717) is 0 Å². The Labute approximate surface area is 268 Å². The van der Waals surface area contributed by atoms with E-state index < -0.39 is 0 Å². The fraction of sp³-hybridized carbons (Fsp3) is 0.300. The Bertz CT molecular complexity index is 1920. The molecule has 7 rings (SSSR count). The molecule has 0 saturated carbocycles. The molecule has 4 heteroatoms. The molecule has 7 aromatic rings. The Hall–Kier alpha value is -3.60. The number of para-hydroxylation sites is 2. The van der Waals surface area contributed by atoms with Gasteiger partial charge in [-0.2, -0.15) is 0 Å².